The van der Waals surface area contributed by atoms with Crippen molar-refractivity contribution < 1.29 is 29.9 Å². The van der Waals surface area contributed by atoms with E-state index in [-0.39, 0.29) is 27.8 Å². The average molecular weight is 587 g/mol. The summed E-state index contributed by atoms with van der Waals surface area (Å²) in [5.74, 6) is 3.17. The second-order valence-electron chi connectivity index (χ2n) is 16.7. The Balaban J connectivity index is 1.26. The van der Waals surface area contributed by atoms with Crippen molar-refractivity contribution in [2.45, 2.75) is 143 Å². The SMILES string of the molecule is C=C(C)[C@@H]1CCCC2=CC[C@]3(C)[C@H](CC[C@@H]4[C@@]5(C)CC[C@H](O[C@H]6O[C@H](CO)[C@@H](O)[C@H](O)[C@@H]6O)C(C)(C)[C@@H]5CC[C@]43C)[C@H]21. The van der Waals surface area contributed by atoms with E-state index < -0.39 is 37.3 Å². The van der Waals surface area contributed by atoms with E-state index in [0.29, 0.717) is 23.7 Å². The van der Waals surface area contributed by atoms with E-state index in [1.54, 1.807) is 5.57 Å². The number of aliphatic hydroxyl groups is 4. The molecule has 1 aliphatic heterocycles. The van der Waals surface area contributed by atoms with E-state index in [0.717, 1.165) is 18.8 Å². The van der Waals surface area contributed by atoms with Crippen LogP contribution in [0.1, 0.15) is 106 Å². The van der Waals surface area contributed by atoms with Crippen LogP contribution in [0.15, 0.2) is 23.8 Å². The molecule has 6 rings (SSSR count). The maximum atomic E-state index is 10.7. The lowest BCUT2D eigenvalue weighted by Gasteiger charge is -2.72. The number of fused-ring (bicyclic) bond motifs is 7. The molecule has 5 aliphatic carbocycles. The predicted molar refractivity (Wildman–Crippen MR) is 163 cm³/mol. The third kappa shape index (κ3) is 4.32. The Kier molecular flexibility index (Phi) is 7.93. The lowest BCUT2D eigenvalue weighted by molar-refractivity contribution is -0.331. The second kappa shape index (κ2) is 10.7. The van der Waals surface area contributed by atoms with E-state index in [1.807, 2.05) is 0 Å². The summed E-state index contributed by atoms with van der Waals surface area (Å²) in [4.78, 5) is 0. The first-order valence-electron chi connectivity index (χ1n) is 17.0. The maximum absolute atomic E-state index is 10.7. The van der Waals surface area contributed by atoms with Crippen LogP contribution in [0.5, 0.6) is 0 Å². The Bertz CT molecular complexity index is 1080. The van der Waals surface area contributed by atoms with E-state index in [4.69, 9.17) is 9.47 Å². The Hall–Kier alpha value is -0.760. The standard InChI is InChI=1S/C36H58O6/c1-20(2)22-10-8-9-21-13-17-35(6)23(28(21)22)11-12-26-34(5)16-15-27(33(3,4)25(34)14-18-36(26,35)7)42-32-31(40)30(39)29(38)24(19-37)41-32/h13,22-32,37-40H,1,8-12,14-19H2,2-7H3/t22-,23+,24+,25-,26+,27-,28+,29+,30-,31-,32+,34-,35+,36+/m0/s1. The molecule has 0 aromatic rings. The van der Waals surface area contributed by atoms with Crippen molar-refractivity contribution in [3.63, 3.8) is 0 Å². The summed E-state index contributed by atoms with van der Waals surface area (Å²) < 4.78 is 12.3. The van der Waals surface area contributed by atoms with Crippen LogP contribution in [-0.2, 0) is 9.47 Å². The molecule has 0 aromatic heterocycles. The molecule has 0 aromatic carbocycles. The molecule has 5 fully saturated rings. The summed E-state index contributed by atoms with van der Waals surface area (Å²) in [6.45, 7) is 18.9. The summed E-state index contributed by atoms with van der Waals surface area (Å²) in [5.41, 5.74) is 3.74. The number of hydrogen-bond donors (Lipinski definition) is 4. The van der Waals surface area contributed by atoms with Gasteiger partial charge in [-0.2, -0.15) is 0 Å². The Morgan fingerprint density at radius 1 is 0.929 bits per heavy atom. The molecular weight excluding hydrogens is 528 g/mol. The second-order valence-corrected chi connectivity index (χ2v) is 16.7. The van der Waals surface area contributed by atoms with Crippen LogP contribution in [0.4, 0.5) is 0 Å². The maximum Gasteiger partial charge on any atom is 0.186 e. The van der Waals surface area contributed by atoms with Crippen LogP contribution in [0.25, 0.3) is 0 Å². The smallest absolute Gasteiger partial charge is 0.186 e. The van der Waals surface area contributed by atoms with Gasteiger partial charge in [-0.3, -0.25) is 0 Å². The van der Waals surface area contributed by atoms with Gasteiger partial charge in [-0.05, 0) is 122 Å². The van der Waals surface area contributed by atoms with Gasteiger partial charge in [0.1, 0.15) is 24.4 Å². The Morgan fingerprint density at radius 3 is 2.36 bits per heavy atom. The fourth-order valence-corrected chi connectivity index (χ4v) is 12.3. The third-order valence-electron chi connectivity index (χ3n) is 14.7. The average Bonchev–Trinajstić information content (AvgIpc) is 2.94. The van der Waals surface area contributed by atoms with E-state index in [9.17, 15) is 20.4 Å². The molecule has 0 unspecified atom stereocenters. The summed E-state index contributed by atoms with van der Waals surface area (Å²) in [5, 5.41) is 41.0. The highest BCUT2D eigenvalue weighted by Gasteiger charge is 2.68. The van der Waals surface area contributed by atoms with Crippen molar-refractivity contribution in [1.82, 2.24) is 0 Å². The van der Waals surface area contributed by atoms with Crippen LogP contribution < -0.4 is 0 Å². The van der Waals surface area contributed by atoms with Gasteiger partial charge in [0.05, 0.1) is 12.7 Å². The van der Waals surface area contributed by atoms with Gasteiger partial charge in [-0.25, -0.2) is 0 Å². The zero-order valence-electron chi connectivity index (χ0n) is 27.0. The molecule has 238 valence electrons. The summed E-state index contributed by atoms with van der Waals surface area (Å²) in [6.07, 6.45) is 8.42. The third-order valence-corrected chi connectivity index (χ3v) is 14.7. The molecule has 6 heteroatoms. The first-order valence-corrected chi connectivity index (χ1v) is 17.0. The molecule has 0 radical (unpaired) electrons. The topological polar surface area (TPSA) is 99.4 Å². The number of aliphatic hydroxyl groups excluding tert-OH is 4. The largest absolute Gasteiger partial charge is 0.394 e. The molecule has 0 bridgehead atoms. The zero-order chi connectivity index (χ0) is 30.4. The van der Waals surface area contributed by atoms with Gasteiger partial charge < -0.3 is 29.9 Å². The van der Waals surface area contributed by atoms with Crippen LogP contribution in [0, 0.1) is 51.2 Å². The van der Waals surface area contributed by atoms with Gasteiger partial charge >= 0.3 is 0 Å². The molecule has 42 heavy (non-hydrogen) atoms. The van der Waals surface area contributed by atoms with Crippen molar-refractivity contribution in [2.24, 2.45) is 51.2 Å². The minimum Gasteiger partial charge on any atom is -0.394 e. The highest BCUT2D eigenvalue weighted by molar-refractivity contribution is 5.27. The van der Waals surface area contributed by atoms with E-state index in [2.05, 4.69) is 54.2 Å². The molecule has 14 atom stereocenters. The minimum absolute atomic E-state index is 0.146. The first-order chi connectivity index (χ1) is 19.7. The lowest BCUT2D eigenvalue weighted by Crippen LogP contribution is -2.66. The van der Waals surface area contributed by atoms with Crippen LogP contribution in [0.2, 0.25) is 0 Å². The first kappa shape index (κ1) is 31.2. The molecule has 6 nitrogen and oxygen atoms in total. The van der Waals surface area contributed by atoms with E-state index >= 15 is 0 Å². The van der Waals surface area contributed by atoms with Crippen molar-refractivity contribution in [2.75, 3.05) is 6.61 Å². The van der Waals surface area contributed by atoms with Gasteiger partial charge in [0, 0.05) is 0 Å². The Labute approximate surface area is 254 Å². The van der Waals surface area contributed by atoms with E-state index in [1.165, 1.54) is 56.9 Å². The normalized spacial score (nSPS) is 53.6. The van der Waals surface area contributed by atoms with Crippen molar-refractivity contribution in [3.05, 3.63) is 23.8 Å². The highest BCUT2D eigenvalue weighted by atomic mass is 16.7. The monoisotopic (exact) mass is 586 g/mol. The number of rotatable bonds is 4. The lowest BCUT2D eigenvalue weighted by atomic mass is 9.33. The molecule has 1 heterocycles. The van der Waals surface area contributed by atoms with Gasteiger partial charge in [-0.1, -0.05) is 58.4 Å². The molecule has 1 saturated heterocycles. The van der Waals surface area contributed by atoms with Gasteiger partial charge in [-0.15, -0.1) is 0 Å². The van der Waals surface area contributed by atoms with Gasteiger partial charge in [0.25, 0.3) is 0 Å². The Morgan fingerprint density at radius 2 is 1.67 bits per heavy atom. The molecule has 0 spiro atoms. The summed E-state index contributed by atoms with van der Waals surface area (Å²) in [7, 11) is 0. The fraction of sp³-hybridized carbons (Fsp3) is 0.889. The minimum atomic E-state index is -1.41. The molecule has 4 N–H and O–H groups in total. The van der Waals surface area contributed by atoms with Gasteiger partial charge in [0.2, 0.25) is 0 Å². The van der Waals surface area contributed by atoms with Crippen molar-refractivity contribution in [1.29, 1.82) is 0 Å². The molecular formula is C36H58O6. The van der Waals surface area contributed by atoms with Crippen LogP contribution >= 0.6 is 0 Å². The molecule has 0 amide bonds. The summed E-state index contributed by atoms with van der Waals surface area (Å²) in [6, 6.07) is 0. The molecule has 4 saturated carbocycles. The summed E-state index contributed by atoms with van der Waals surface area (Å²) >= 11 is 0. The predicted octanol–water partition coefficient (Wildman–Crippen LogP) is 5.77. The highest BCUT2D eigenvalue weighted by Crippen LogP contribution is 2.75. The zero-order valence-corrected chi connectivity index (χ0v) is 27.0. The number of hydrogen-bond acceptors (Lipinski definition) is 6. The number of ether oxygens (including phenoxy) is 2. The van der Waals surface area contributed by atoms with Crippen molar-refractivity contribution >= 4 is 0 Å². The van der Waals surface area contributed by atoms with Crippen LogP contribution in [0.3, 0.4) is 0 Å². The van der Waals surface area contributed by atoms with Crippen LogP contribution in [-0.4, -0.2) is 63.8 Å². The molecule has 6 aliphatic rings. The van der Waals surface area contributed by atoms with Crippen molar-refractivity contribution in [3.8, 4) is 0 Å². The quantitative estimate of drug-likeness (QED) is 0.247. The number of allylic oxidation sites excluding steroid dienone is 3. The fourth-order valence-electron chi connectivity index (χ4n) is 12.3. The van der Waals surface area contributed by atoms with Gasteiger partial charge in [0.15, 0.2) is 6.29 Å².